The van der Waals surface area contributed by atoms with E-state index in [-0.39, 0.29) is 12.1 Å². The molecule has 2 aromatic heterocycles. The Bertz CT molecular complexity index is 1100. The van der Waals surface area contributed by atoms with Gasteiger partial charge < -0.3 is 14.8 Å². The first kappa shape index (κ1) is 22.5. The van der Waals surface area contributed by atoms with Crippen molar-refractivity contribution in [2.75, 3.05) is 6.54 Å². The molecule has 1 aliphatic heterocycles. The molecule has 1 fully saturated rings. The Hall–Kier alpha value is -2.66. The molecule has 1 saturated heterocycles. The van der Waals surface area contributed by atoms with E-state index in [1.54, 1.807) is 0 Å². The zero-order chi connectivity index (χ0) is 22.8. The Morgan fingerprint density at radius 2 is 1.88 bits per heavy atom. The third-order valence-corrected chi connectivity index (χ3v) is 7.02. The van der Waals surface area contributed by atoms with Gasteiger partial charge in [0.05, 0.1) is 23.5 Å². The molecule has 1 aliphatic rings. The Morgan fingerprint density at radius 1 is 1.06 bits per heavy atom. The quantitative estimate of drug-likeness (QED) is 0.442. The maximum absolute atomic E-state index is 5.82. The van der Waals surface area contributed by atoms with E-state index >= 15 is 0 Å². The van der Waals surface area contributed by atoms with Crippen molar-refractivity contribution in [1.29, 1.82) is 0 Å². The minimum Gasteiger partial charge on any atom is -0.352 e. The molecular weight excluding hydrogens is 412 g/mol. The van der Waals surface area contributed by atoms with Crippen LogP contribution in [-0.4, -0.2) is 26.1 Å². The number of nitrogens with one attached hydrogen (secondary N) is 1. The van der Waals surface area contributed by atoms with Crippen molar-refractivity contribution < 1.29 is 0 Å². The average Bonchev–Trinajstić information content (AvgIpc) is 3.27. The molecule has 4 nitrogen and oxygen atoms in total. The SMILES string of the molecule is CCCCN1C(=S)N[C@@H](c2ccccn2)[C@@H]1c1cc(C)n(-c2c(C)cccc2CC)c1C. The number of para-hydroxylation sites is 1. The summed E-state index contributed by atoms with van der Waals surface area (Å²) in [6, 6.07) is 15.3. The molecule has 1 N–H and O–H groups in total. The predicted molar refractivity (Wildman–Crippen MR) is 136 cm³/mol. The van der Waals surface area contributed by atoms with E-state index in [4.69, 9.17) is 12.2 Å². The van der Waals surface area contributed by atoms with E-state index in [1.807, 2.05) is 12.3 Å². The molecule has 0 aliphatic carbocycles. The number of benzene rings is 1. The van der Waals surface area contributed by atoms with E-state index in [0.29, 0.717) is 0 Å². The molecule has 0 unspecified atom stereocenters. The molecule has 1 aromatic carbocycles. The molecule has 3 aromatic rings. The van der Waals surface area contributed by atoms with Gasteiger partial charge in [-0.15, -0.1) is 0 Å². The van der Waals surface area contributed by atoms with Crippen LogP contribution in [0.5, 0.6) is 0 Å². The third-order valence-electron chi connectivity index (χ3n) is 6.67. The first-order chi connectivity index (χ1) is 15.5. The van der Waals surface area contributed by atoms with Gasteiger partial charge in [-0.1, -0.05) is 44.5 Å². The number of thiocarbonyl (C=S) groups is 1. The van der Waals surface area contributed by atoms with Gasteiger partial charge in [-0.2, -0.15) is 0 Å². The molecule has 4 rings (SSSR count). The minimum atomic E-state index is 0.0389. The van der Waals surface area contributed by atoms with Crippen molar-refractivity contribution in [3.8, 4) is 5.69 Å². The second kappa shape index (κ2) is 9.45. The number of aromatic nitrogens is 2. The van der Waals surface area contributed by atoms with Gasteiger partial charge in [0.2, 0.25) is 0 Å². The Labute approximate surface area is 197 Å². The fourth-order valence-electron chi connectivity index (χ4n) is 5.07. The lowest BCUT2D eigenvalue weighted by atomic mass is 9.96. The number of unbranched alkanes of at least 4 members (excludes halogenated alkanes) is 1. The van der Waals surface area contributed by atoms with Crippen LogP contribution in [0.15, 0.2) is 48.7 Å². The van der Waals surface area contributed by atoms with E-state index in [2.05, 4.69) is 90.8 Å². The van der Waals surface area contributed by atoms with Crippen molar-refractivity contribution in [2.24, 2.45) is 0 Å². The van der Waals surface area contributed by atoms with E-state index < -0.39 is 0 Å². The van der Waals surface area contributed by atoms with Crippen molar-refractivity contribution >= 4 is 17.3 Å². The number of aryl methyl sites for hydroxylation is 3. The van der Waals surface area contributed by atoms with Gasteiger partial charge in [-0.3, -0.25) is 4.98 Å². The van der Waals surface area contributed by atoms with Crippen LogP contribution < -0.4 is 5.32 Å². The Morgan fingerprint density at radius 3 is 2.56 bits per heavy atom. The van der Waals surface area contributed by atoms with E-state index in [1.165, 1.54) is 33.8 Å². The first-order valence-electron chi connectivity index (χ1n) is 11.7. The highest BCUT2D eigenvalue weighted by Crippen LogP contribution is 2.42. The van der Waals surface area contributed by atoms with E-state index in [9.17, 15) is 0 Å². The molecule has 0 amide bonds. The van der Waals surface area contributed by atoms with Crippen molar-refractivity contribution in [2.45, 2.75) is 66.0 Å². The van der Waals surface area contributed by atoms with Gasteiger partial charge in [0.1, 0.15) is 0 Å². The number of pyridine rings is 1. The van der Waals surface area contributed by atoms with Crippen LogP contribution in [0.1, 0.15) is 72.5 Å². The summed E-state index contributed by atoms with van der Waals surface area (Å²) in [5.74, 6) is 0. The number of hydrogen-bond donors (Lipinski definition) is 1. The number of rotatable bonds is 7. The molecule has 0 radical (unpaired) electrons. The summed E-state index contributed by atoms with van der Waals surface area (Å²) in [5.41, 5.74) is 8.91. The predicted octanol–water partition coefficient (Wildman–Crippen LogP) is 6.13. The van der Waals surface area contributed by atoms with Crippen molar-refractivity contribution in [3.63, 3.8) is 0 Å². The summed E-state index contributed by atoms with van der Waals surface area (Å²) in [6.45, 7) is 12.1. The summed E-state index contributed by atoms with van der Waals surface area (Å²) < 4.78 is 2.44. The normalized spacial score (nSPS) is 18.3. The van der Waals surface area contributed by atoms with Crippen LogP contribution in [0.25, 0.3) is 5.69 Å². The van der Waals surface area contributed by atoms with Crippen LogP contribution in [0.2, 0.25) is 0 Å². The van der Waals surface area contributed by atoms with Gasteiger partial charge in [-0.05, 0) is 80.7 Å². The second-order valence-electron chi connectivity index (χ2n) is 8.77. The van der Waals surface area contributed by atoms with Gasteiger partial charge in [-0.25, -0.2) is 0 Å². The van der Waals surface area contributed by atoms with Crippen molar-refractivity contribution in [3.05, 3.63) is 82.4 Å². The molecule has 5 heteroatoms. The van der Waals surface area contributed by atoms with Gasteiger partial charge in [0, 0.05) is 24.1 Å². The van der Waals surface area contributed by atoms with Gasteiger partial charge in [0.15, 0.2) is 5.11 Å². The highest BCUT2D eigenvalue weighted by atomic mass is 32.1. The van der Waals surface area contributed by atoms with E-state index in [0.717, 1.165) is 36.6 Å². The largest absolute Gasteiger partial charge is 0.352 e. The lowest BCUT2D eigenvalue weighted by Crippen LogP contribution is -2.30. The molecule has 32 heavy (non-hydrogen) atoms. The number of nitrogens with zero attached hydrogens (tertiary/aromatic N) is 3. The first-order valence-corrected chi connectivity index (χ1v) is 12.1. The van der Waals surface area contributed by atoms with Crippen LogP contribution >= 0.6 is 12.2 Å². The molecule has 0 bridgehead atoms. The Kier molecular flexibility index (Phi) is 6.66. The maximum atomic E-state index is 5.82. The van der Waals surface area contributed by atoms with Gasteiger partial charge >= 0.3 is 0 Å². The minimum absolute atomic E-state index is 0.0389. The highest BCUT2D eigenvalue weighted by molar-refractivity contribution is 7.80. The molecule has 3 heterocycles. The molecular formula is C27H34N4S. The summed E-state index contributed by atoms with van der Waals surface area (Å²) in [7, 11) is 0. The summed E-state index contributed by atoms with van der Waals surface area (Å²) in [6.07, 6.45) is 5.14. The number of hydrogen-bond acceptors (Lipinski definition) is 2. The molecule has 2 atom stereocenters. The highest BCUT2D eigenvalue weighted by Gasteiger charge is 2.41. The lowest BCUT2D eigenvalue weighted by molar-refractivity contribution is 0.312. The standard InChI is InChI=1S/C27H34N4S/c1-6-8-16-30-26(24(29-27(30)32)23-14-9-10-15-28-23)22-17-19(4)31(20(22)5)25-18(3)12-11-13-21(25)7-2/h9-15,17,24,26H,6-8,16H2,1-5H3,(H,29,32)/t24-,26-/m0/s1. The summed E-state index contributed by atoms with van der Waals surface area (Å²) >= 11 is 5.82. The fraction of sp³-hybridized carbons (Fsp3) is 0.407. The molecule has 168 valence electrons. The molecule has 0 spiro atoms. The summed E-state index contributed by atoms with van der Waals surface area (Å²) in [5, 5.41) is 4.42. The zero-order valence-electron chi connectivity index (χ0n) is 19.9. The topological polar surface area (TPSA) is 33.1 Å². The smallest absolute Gasteiger partial charge is 0.170 e. The average molecular weight is 447 g/mol. The summed E-state index contributed by atoms with van der Waals surface area (Å²) in [4.78, 5) is 7.07. The second-order valence-corrected chi connectivity index (χ2v) is 9.16. The maximum Gasteiger partial charge on any atom is 0.170 e. The third kappa shape index (κ3) is 3.95. The van der Waals surface area contributed by atoms with Crippen LogP contribution in [0, 0.1) is 20.8 Å². The van der Waals surface area contributed by atoms with Crippen LogP contribution in [0.3, 0.4) is 0 Å². The van der Waals surface area contributed by atoms with Crippen LogP contribution in [0.4, 0.5) is 0 Å². The fourth-order valence-corrected chi connectivity index (χ4v) is 5.40. The Balaban J connectivity index is 1.86. The van der Waals surface area contributed by atoms with Gasteiger partial charge in [0.25, 0.3) is 0 Å². The van der Waals surface area contributed by atoms with Crippen molar-refractivity contribution in [1.82, 2.24) is 19.8 Å². The molecule has 0 saturated carbocycles. The monoisotopic (exact) mass is 446 g/mol. The zero-order valence-corrected chi connectivity index (χ0v) is 20.7. The lowest BCUT2D eigenvalue weighted by Gasteiger charge is -2.28. The van der Waals surface area contributed by atoms with Crippen LogP contribution in [-0.2, 0) is 6.42 Å².